The van der Waals surface area contributed by atoms with E-state index in [0.29, 0.717) is 5.82 Å². The molecule has 6 heteroatoms. The molecular formula is C20H23N5O. The van der Waals surface area contributed by atoms with Crippen LogP contribution < -0.4 is 10.2 Å². The zero-order valence-corrected chi connectivity index (χ0v) is 15.7. The van der Waals surface area contributed by atoms with Gasteiger partial charge in [-0.2, -0.15) is 0 Å². The summed E-state index contributed by atoms with van der Waals surface area (Å²) in [5.74, 6) is 0.753. The quantitative estimate of drug-likeness (QED) is 0.659. The first-order valence-electron chi connectivity index (χ1n) is 8.48. The van der Waals surface area contributed by atoms with E-state index in [4.69, 9.17) is 5.41 Å². The number of nitrogens with one attached hydrogen (secondary N) is 2. The number of carbonyl (C=O) groups excluding carboxylic acids is 1. The molecule has 3 rings (SSSR count). The van der Waals surface area contributed by atoms with Gasteiger partial charge in [0.2, 0.25) is 5.91 Å². The molecule has 0 spiro atoms. The van der Waals surface area contributed by atoms with E-state index < -0.39 is 5.41 Å². The van der Waals surface area contributed by atoms with Crippen molar-refractivity contribution in [1.29, 1.82) is 5.41 Å². The maximum atomic E-state index is 13.0. The van der Waals surface area contributed by atoms with Gasteiger partial charge in [-0.1, -0.05) is 12.1 Å². The van der Waals surface area contributed by atoms with Crippen molar-refractivity contribution in [1.82, 2.24) is 15.3 Å². The Labute approximate surface area is 153 Å². The standard InChI is InChI=1S/C20H23N5O/c1-12(22-5)8-18(21)25-17-9-14(15-10-23-13(2)24-11-15)6-7-16(17)20(3,4)19(25)26/h6-11,21-22H,1-5H3/b12-8-,21-18?. The van der Waals surface area contributed by atoms with Gasteiger partial charge in [0.1, 0.15) is 11.7 Å². The van der Waals surface area contributed by atoms with Gasteiger partial charge < -0.3 is 5.32 Å². The molecule has 2 heterocycles. The summed E-state index contributed by atoms with van der Waals surface area (Å²) in [4.78, 5) is 23.0. The number of aryl methyl sites for hydroxylation is 1. The zero-order valence-electron chi connectivity index (χ0n) is 15.7. The highest BCUT2D eigenvalue weighted by atomic mass is 16.2. The van der Waals surface area contributed by atoms with E-state index in [1.54, 1.807) is 25.5 Å². The van der Waals surface area contributed by atoms with Crippen LogP contribution >= 0.6 is 0 Å². The summed E-state index contributed by atoms with van der Waals surface area (Å²) in [6, 6.07) is 5.88. The highest BCUT2D eigenvalue weighted by Gasteiger charge is 2.45. The lowest BCUT2D eigenvalue weighted by Crippen LogP contribution is -2.39. The molecule has 26 heavy (non-hydrogen) atoms. The number of rotatable bonds is 3. The highest BCUT2D eigenvalue weighted by molar-refractivity contribution is 6.26. The molecule has 0 atom stereocenters. The molecule has 6 nitrogen and oxygen atoms in total. The number of allylic oxidation sites excluding steroid dienone is 1. The van der Waals surface area contributed by atoms with E-state index in [-0.39, 0.29) is 11.7 Å². The Hall–Kier alpha value is -3.02. The Morgan fingerprint density at radius 2 is 1.88 bits per heavy atom. The molecule has 2 N–H and O–H groups in total. The highest BCUT2D eigenvalue weighted by Crippen LogP contribution is 2.43. The van der Waals surface area contributed by atoms with E-state index in [9.17, 15) is 4.79 Å². The molecule has 1 aliphatic heterocycles. The van der Waals surface area contributed by atoms with E-state index >= 15 is 0 Å². The van der Waals surface area contributed by atoms with Crippen LogP contribution in [0, 0.1) is 12.3 Å². The maximum absolute atomic E-state index is 13.0. The summed E-state index contributed by atoms with van der Waals surface area (Å²) in [7, 11) is 1.79. The molecule has 0 unspecified atom stereocenters. The minimum atomic E-state index is -0.675. The van der Waals surface area contributed by atoms with Crippen LogP contribution in [0.5, 0.6) is 0 Å². The molecule has 1 amide bonds. The number of fused-ring (bicyclic) bond motifs is 1. The number of carbonyl (C=O) groups is 1. The van der Waals surface area contributed by atoms with Crippen LogP contribution in [0.3, 0.4) is 0 Å². The Bertz CT molecular complexity index is 912. The Morgan fingerprint density at radius 3 is 2.50 bits per heavy atom. The van der Waals surface area contributed by atoms with Gasteiger partial charge in [-0.05, 0) is 51.0 Å². The predicted molar refractivity (Wildman–Crippen MR) is 103 cm³/mol. The third-order valence-electron chi connectivity index (χ3n) is 4.75. The fourth-order valence-corrected chi connectivity index (χ4v) is 3.05. The van der Waals surface area contributed by atoms with Crippen LogP contribution in [0.1, 0.15) is 32.2 Å². The second-order valence-corrected chi connectivity index (χ2v) is 6.98. The summed E-state index contributed by atoms with van der Waals surface area (Å²) in [6.07, 6.45) is 5.20. The van der Waals surface area contributed by atoms with Gasteiger partial charge >= 0.3 is 0 Å². The third-order valence-corrected chi connectivity index (χ3v) is 4.75. The lowest BCUT2D eigenvalue weighted by molar-refractivity contribution is -0.121. The van der Waals surface area contributed by atoms with Gasteiger partial charge in [0.15, 0.2) is 0 Å². The van der Waals surface area contributed by atoms with Crippen molar-refractivity contribution < 1.29 is 4.79 Å². The Morgan fingerprint density at radius 1 is 1.23 bits per heavy atom. The number of amides is 1. The number of hydrogen-bond acceptors (Lipinski definition) is 5. The normalized spacial score (nSPS) is 15.8. The van der Waals surface area contributed by atoms with Crippen molar-refractivity contribution in [3.8, 4) is 11.1 Å². The summed E-state index contributed by atoms with van der Waals surface area (Å²) in [6.45, 7) is 7.49. The minimum Gasteiger partial charge on any atom is -0.392 e. The van der Waals surface area contributed by atoms with Crippen molar-refractivity contribution in [2.45, 2.75) is 33.1 Å². The van der Waals surface area contributed by atoms with Crippen LogP contribution in [-0.2, 0) is 10.2 Å². The topological polar surface area (TPSA) is 82.0 Å². The summed E-state index contributed by atoms with van der Waals surface area (Å²) in [5, 5.41) is 11.4. The number of benzene rings is 1. The molecule has 1 aliphatic rings. The van der Waals surface area contributed by atoms with E-state index in [1.807, 2.05) is 45.9 Å². The summed E-state index contributed by atoms with van der Waals surface area (Å²) in [5.41, 5.74) is 3.59. The van der Waals surface area contributed by atoms with Crippen molar-refractivity contribution in [3.05, 3.63) is 53.8 Å². The van der Waals surface area contributed by atoms with Gasteiger partial charge in [0.25, 0.3) is 0 Å². The fourth-order valence-electron chi connectivity index (χ4n) is 3.05. The SMILES string of the molecule is CN/C(C)=C\C(=N)N1C(=O)C(C)(C)c2ccc(-c3cnc(C)nc3)cc21. The summed E-state index contributed by atoms with van der Waals surface area (Å²) >= 11 is 0. The molecule has 0 bridgehead atoms. The number of hydrogen-bond donors (Lipinski definition) is 2. The minimum absolute atomic E-state index is 0.102. The van der Waals surface area contributed by atoms with Gasteiger partial charge in [0, 0.05) is 30.7 Å². The first-order valence-corrected chi connectivity index (χ1v) is 8.48. The molecule has 0 fully saturated rings. The molecule has 0 radical (unpaired) electrons. The fraction of sp³-hybridized carbons (Fsp3) is 0.300. The first-order chi connectivity index (χ1) is 12.3. The smallest absolute Gasteiger partial charge is 0.242 e. The average Bonchev–Trinajstić information content (AvgIpc) is 2.81. The summed E-state index contributed by atoms with van der Waals surface area (Å²) < 4.78 is 0. The van der Waals surface area contributed by atoms with E-state index in [2.05, 4.69) is 15.3 Å². The Balaban J connectivity index is 2.11. The van der Waals surface area contributed by atoms with Gasteiger partial charge in [-0.25, -0.2) is 9.97 Å². The van der Waals surface area contributed by atoms with Crippen molar-refractivity contribution in [2.24, 2.45) is 0 Å². The Kier molecular flexibility index (Phi) is 4.36. The van der Waals surface area contributed by atoms with Crippen molar-refractivity contribution in [2.75, 3.05) is 11.9 Å². The second kappa shape index (κ2) is 6.37. The van der Waals surface area contributed by atoms with Crippen LogP contribution in [0.4, 0.5) is 5.69 Å². The van der Waals surface area contributed by atoms with Crippen LogP contribution in [-0.4, -0.2) is 28.8 Å². The van der Waals surface area contributed by atoms with E-state index in [0.717, 1.165) is 28.1 Å². The lowest BCUT2D eigenvalue weighted by Gasteiger charge is -2.19. The first kappa shape index (κ1) is 17.8. The van der Waals surface area contributed by atoms with Gasteiger partial charge in [-0.15, -0.1) is 0 Å². The van der Waals surface area contributed by atoms with E-state index in [1.165, 1.54) is 4.90 Å². The van der Waals surface area contributed by atoms with Gasteiger partial charge in [-0.3, -0.25) is 15.1 Å². The number of anilines is 1. The predicted octanol–water partition coefficient (Wildman–Crippen LogP) is 3.18. The van der Waals surface area contributed by atoms with Crippen LogP contribution in [0.25, 0.3) is 11.1 Å². The molecule has 0 aliphatic carbocycles. The second-order valence-electron chi connectivity index (χ2n) is 6.98. The maximum Gasteiger partial charge on any atom is 0.242 e. The van der Waals surface area contributed by atoms with Crippen LogP contribution in [0.15, 0.2) is 42.4 Å². The molecule has 2 aromatic rings. The molecule has 134 valence electrons. The zero-order chi connectivity index (χ0) is 19.1. The molecule has 1 aromatic heterocycles. The third kappa shape index (κ3) is 2.87. The molecular weight excluding hydrogens is 326 g/mol. The molecule has 0 saturated heterocycles. The number of amidine groups is 1. The van der Waals surface area contributed by atoms with Crippen molar-refractivity contribution in [3.63, 3.8) is 0 Å². The molecule has 1 aromatic carbocycles. The number of nitrogens with zero attached hydrogens (tertiary/aromatic N) is 3. The van der Waals surface area contributed by atoms with Crippen LogP contribution in [0.2, 0.25) is 0 Å². The lowest BCUT2D eigenvalue weighted by atomic mass is 9.85. The average molecular weight is 349 g/mol. The van der Waals surface area contributed by atoms with Crippen molar-refractivity contribution >= 4 is 17.4 Å². The van der Waals surface area contributed by atoms with Gasteiger partial charge in [0.05, 0.1) is 11.1 Å². The molecule has 0 saturated carbocycles. The number of aromatic nitrogens is 2. The monoisotopic (exact) mass is 349 g/mol. The largest absolute Gasteiger partial charge is 0.392 e.